The van der Waals surface area contributed by atoms with Gasteiger partial charge in [-0.15, -0.1) is 0 Å². The second-order valence-corrected chi connectivity index (χ2v) is 8.07. The van der Waals surface area contributed by atoms with E-state index >= 15 is 0 Å². The maximum absolute atomic E-state index is 12.5. The van der Waals surface area contributed by atoms with E-state index in [1.54, 1.807) is 17.0 Å². The van der Waals surface area contributed by atoms with Gasteiger partial charge in [-0.25, -0.2) is 19.6 Å². The zero-order chi connectivity index (χ0) is 22.7. The quantitative estimate of drug-likeness (QED) is 0.748. The number of benzene rings is 1. The molecule has 0 saturated carbocycles. The Labute approximate surface area is 186 Å². The van der Waals surface area contributed by atoms with Crippen molar-refractivity contribution in [1.82, 2.24) is 14.9 Å². The van der Waals surface area contributed by atoms with Gasteiger partial charge in [0.05, 0.1) is 31.6 Å². The molecule has 0 aliphatic carbocycles. The summed E-state index contributed by atoms with van der Waals surface area (Å²) in [7, 11) is 0. The summed E-state index contributed by atoms with van der Waals surface area (Å²) >= 11 is 0. The molecule has 0 bridgehead atoms. The van der Waals surface area contributed by atoms with E-state index in [2.05, 4.69) is 10.2 Å². The molecule has 0 atom stereocenters. The SMILES string of the molecule is CC(C)OC(=O)N1CCc2c(nc(-c3ccc(NC(N)=O)cc3)nc2N2CCOCC2)C1. The molecule has 2 aliphatic heterocycles. The van der Waals surface area contributed by atoms with Gasteiger partial charge in [0.2, 0.25) is 0 Å². The van der Waals surface area contributed by atoms with Crippen LogP contribution in [0.3, 0.4) is 0 Å². The van der Waals surface area contributed by atoms with Gasteiger partial charge in [-0.1, -0.05) is 0 Å². The van der Waals surface area contributed by atoms with Crippen molar-refractivity contribution in [2.24, 2.45) is 5.73 Å². The molecule has 3 N–H and O–H groups in total. The summed E-state index contributed by atoms with van der Waals surface area (Å²) in [6.45, 7) is 7.41. The van der Waals surface area contributed by atoms with E-state index in [1.807, 2.05) is 26.0 Å². The van der Waals surface area contributed by atoms with Crippen LogP contribution in [0.4, 0.5) is 21.1 Å². The fourth-order valence-corrected chi connectivity index (χ4v) is 3.85. The molecule has 10 heteroatoms. The first-order valence-electron chi connectivity index (χ1n) is 10.8. The standard InChI is InChI=1S/C22H28N6O4/c1-14(2)32-22(30)28-8-7-17-18(13-28)25-19(26-20(17)27-9-11-31-12-10-27)15-3-5-16(6-4-15)24-21(23)29/h3-6,14H,7-13H2,1-2H3,(H3,23,24,29). The number of hydrogen-bond acceptors (Lipinski definition) is 7. The van der Waals surface area contributed by atoms with Crippen molar-refractivity contribution < 1.29 is 19.1 Å². The second kappa shape index (κ2) is 9.39. The summed E-state index contributed by atoms with van der Waals surface area (Å²) in [5.41, 5.74) is 8.47. The number of aromatic nitrogens is 2. The van der Waals surface area contributed by atoms with E-state index in [0.717, 1.165) is 35.7 Å². The highest BCUT2D eigenvalue weighted by Crippen LogP contribution is 2.30. The maximum atomic E-state index is 12.5. The molecule has 32 heavy (non-hydrogen) atoms. The fraction of sp³-hybridized carbons (Fsp3) is 0.455. The molecule has 1 saturated heterocycles. The molecule has 0 radical (unpaired) electrons. The summed E-state index contributed by atoms with van der Waals surface area (Å²) in [4.78, 5) is 37.2. The minimum atomic E-state index is -0.620. The number of nitrogens with zero attached hydrogens (tertiary/aromatic N) is 4. The molecule has 0 spiro atoms. The molecule has 0 unspecified atom stereocenters. The maximum Gasteiger partial charge on any atom is 0.410 e. The number of primary amides is 1. The Balaban J connectivity index is 1.68. The Morgan fingerprint density at radius 1 is 1.12 bits per heavy atom. The average molecular weight is 441 g/mol. The molecule has 1 fully saturated rings. The number of rotatable bonds is 4. The van der Waals surface area contributed by atoms with Crippen LogP contribution in [0.1, 0.15) is 25.1 Å². The molecule has 4 rings (SSSR count). The molecule has 1 aromatic heterocycles. The molecule has 1 aromatic carbocycles. The number of urea groups is 1. The Bertz CT molecular complexity index is 989. The van der Waals surface area contributed by atoms with Crippen molar-refractivity contribution in [1.29, 1.82) is 0 Å². The van der Waals surface area contributed by atoms with Crippen LogP contribution in [-0.2, 0) is 22.4 Å². The smallest absolute Gasteiger partial charge is 0.410 e. The third kappa shape index (κ3) is 4.91. The molecule has 3 heterocycles. The van der Waals surface area contributed by atoms with Gasteiger partial charge in [0.1, 0.15) is 5.82 Å². The molecule has 10 nitrogen and oxygen atoms in total. The van der Waals surface area contributed by atoms with Crippen LogP contribution >= 0.6 is 0 Å². The second-order valence-electron chi connectivity index (χ2n) is 8.07. The van der Waals surface area contributed by atoms with Crippen molar-refractivity contribution in [3.8, 4) is 11.4 Å². The first kappa shape index (κ1) is 21.8. The Hall–Kier alpha value is -3.40. The molecule has 2 aromatic rings. The van der Waals surface area contributed by atoms with Crippen molar-refractivity contribution in [3.63, 3.8) is 0 Å². The lowest BCUT2D eigenvalue weighted by molar-refractivity contribution is 0.0724. The van der Waals surface area contributed by atoms with Gasteiger partial charge < -0.3 is 30.3 Å². The number of fused-ring (bicyclic) bond motifs is 1. The van der Waals surface area contributed by atoms with Crippen LogP contribution in [0.2, 0.25) is 0 Å². The number of nitrogens with two attached hydrogens (primary N) is 1. The first-order chi connectivity index (χ1) is 15.4. The minimum absolute atomic E-state index is 0.179. The number of morpholine rings is 1. The number of carbonyl (C=O) groups is 2. The molecule has 2 aliphatic rings. The Morgan fingerprint density at radius 3 is 2.50 bits per heavy atom. The fourth-order valence-electron chi connectivity index (χ4n) is 3.85. The highest BCUT2D eigenvalue weighted by Gasteiger charge is 2.29. The lowest BCUT2D eigenvalue weighted by Gasteiger charge is -2.34. The molecule has 3 amide bonds. The van der Waals surface area contributed by atoms with Gasteiger partial charge in [0.15, 0.2) is 5.82 Å². The van der Waals surface area contributed by atoms with Gasteiger partial charge in [-0.05, 0) is 44.5 Å². The minimum Gasteiger partial charge on any atom is -0.447 e. The van der Waals surface area contributed by atoms with Crippen LogP contribution in [0.25, 0.3) is 11.4 Å². The molecule has 170 valence electrons. The van der Waals surface area contributed by atoms with E-state index in [-0.39, 0.29) is 12.2 Å². The number of anilines is 2. The summed E-state index contributed by atoms with van der Waals surface area (Å²) in [5, 5.41) is 2.55. The van der Waals surface area contributed by atoms with Crippen LogP contribution in [0.5, 0.6) is 0 Å². The number of ether oxygens (including phenoxy) is 2. The summed E-state index contributed by atoms with van der Waals surface area (Å²) in [6, 6.07) is 6.56. The van der Waals surface area contributed by atoms with Crippen LogP contribution in [0.15, 0.2) is 24.3 Å². The Kier molecular flexibility index (Phi) is 6.40. The van der Waals surface area contributed by atoms with Crippen LogP contribution in [0, 0.1) is 0 Å². The Morgan fingerprint density at radius 2 is 1.84 bits per heavy atom. The van der Waals surface area contributed by atoms with E-state index in [0.29, 0.717) is 44.2 Å². The van der Waals surface area contributed by atoms with Gasteiger partial charge in [-0.3, -0.25) is 0 Å². The predicted molar refractivity (Wildman–Crippen MR) is 119 cm³/mol. The number of carbonyl (C=O) groups excluding carboxylic acids is 2. The van der Waals surface area contributed by atoms with Gasteiger partial charge in [0.25, 0.3) is 0 Å². The monoisotopic (exact) mass is 440 g/mol. The van der Waals surface area contributed by atoms with Gasteiger partial charge in [-0.2, -0.15) is 0 Å². The van der Waals surface area contributed by atoms with E-state index in [1.165, 1.54) is 0 Å². The van der Waals surface area contributed by atoms with Crippen molar-refractivity contribution in [2.45, 2.75) is 32.9 Å². The average Bonchev–Trinajstić information content (AvgIpc) is 2.78. The zero-order valence-corrected chi connectivity index (χ0v) is 18.3. The van der Waals surface area contributed by atoms with Crippen LogP contribution in [-0.4, -0.2) is 65.9 Å². The number of amides is 3. The van der Waals surface area contributed by atoms with Gasteiger partial charge in [0, 0.05) is 36.4 Å². The predicted octanol–water partition coefficient (Wildman–Crippen LogP) is 2.37. The summed E-state index contributed by atoms with van der Waals surface area (Å²) in [5.74, 6) is 1.46. The lowest BCUT2D eigenvalue weighted by atomic mass is 10.0. The topological polar surface area (TPSA) is 123 Å². The number of nitrogens with one attached hydrogen (secondary N) is 1. The highest BCUT2D eigenvalue weighted by molar-refractivity contribution is 5.88. The zero-order valence-electron chi connectivity index (χ0n) is 18.3. The lowest BCUT2D eigenvalue weighted by Crippen LogP contribution is -2.41. The summed E-state index contributed by atoms with van der Waals surface area (Å²) < 4.78 is 10.9. The van der Waals surface area contributed by atoms with E-state index in [9.17, 15) is 9.59 Å². The largest absolute Gasteiger partial charge is 0.447 e. The third-order valence-corrected chi connectivity index (χ3v) is 5.36. The van der Waals surface area contributed by atoms with Crippen LogP contribution < -0.4 is 16.0 Å². The third-order valence-electron chi connectivity index (χ3n) is 5.36. The molecular formula is C22H28N6O4. The summed E-state index contributed by atoms with van der Waals surface area (Å²) in [6.07, 6.45) is 0.152. The van der Waals surface area contributed by atoms with Crippen molar-refractivity contribution in [3.05, 3.63) is 35.5 Å². The van der Waals surface area contributed by atoms with Crippen molar-refractivity contribution in [2.75, 3.05) is 43.1 Å². The van der Waals surface area contributed by atoms with Crippen molar-refractivity contribution >= 4 is 23.6 Å². The highest BCUT2D eigenvalue weighted by atomic mass is 16.6. The normalized spacial score (nSPS) is 16.0. The first-order valence-corrected chi connectivity index (χ1v) is 10.8. The molecular weight excluding hydrogens is 412 g/mol. The van der Waals surface area contributed by atoms with E-state index in [4.69, 9.17) is 25.2 Å². The van der Waals surface area contributed by atoms with Gasteiger partial charge >= 0.3 is 12.1 Å². The van der Waals surface area contributed by atoms with E-state index < -0.39 is 6.03 Å². The number of hydrogen-bond donors (Lipinski definition) is 2.